The number of rotatable bonds is 3. The third-order valence-electron chi connectivity index (χ3n) is 3.02. The minimum atomic E-state index is -0.924. The van der Waals surface area contributed by atoms with Crippen molar-refractivity contribution in [2.45, 2.75) is 31.7 Å². The third kappa shape index (κ3) is 3.06. The van der Waals surface area contributed by atoms with Crippen LogP contribution in [-0.4, -0.2) is 22.9 Å². The predicted octanol–water partition coefficient (Wildman–Crippen LogP) is 2.31. The van der Waals surface area contributed by atoms with Crippen LogP contribution in [0.5, 0.6) is 0 Å². The van der Waals surface area contributed by atoms with Crippen molar-refractivity contribution in [2.24, 2.45) is 0 Å². The maximum atomic E-state index is 11.1. The number of benzene rings is 1. The molecule has 4 heteroatoms. The van der Waals surface area contributed by atoms with Gasteiger partial charge in [-0.05, 0) is 31.0 Å². The molecule has 0 amide bonds. The van der Waals surface area contributed by atoms with E-state index in [1.165, 1.54) is 0 Å². The van der Waals surface area contributed by atoms with Gasteiger partial charge in [-0.25, -0.2) is 4.79 Å². The summed E-state index contributed by atoms with van der Waals surface area (Å²) in [6, 6.07) is 7.04. The van der Waals surface area contributed by atoms with E-state index in [1.807, 2.05) is 6.07 Å². The Kier molecular flexibility index (Phi) is 3.42. The lowest BCUT2D eigenvalue weighted by molar-refractivity contribution is -0.120. The molecule has 0 spiro atoms. The van der Waals surface area contributed by atoms with E-state index in [0.29, 0.717) is 18.6 Å². The van der Waals surface area contributed by atoms with E-state index in [0.717, 1.165) is 18.5 Å². The first-order valence-corrected chi connectivity index (χ1v) is 5.77. The number of carboxylic acid groups (broad SMARTS) is 1. The molecular weight excluding hydrogens is 218 g/mol. The van der Waals surface area contributed by atoms with Crippen LogP contribution in [-0.2, 0) is 4.79 Å². The number of Topliss-reactive ketones (excluding diaryl/α,β-unsaturated/α-hetero) is 1. The van der Waals surface area contributed by atoms with Crippen molar-refractivity contribution in [1.82, 2.24) is 0 Å². The second-order valence-electron chi connectivity index (χ2n) is 4.34. The van der Waals surface area contributed by atoms with Crippen molar-refractivity contribution in [3.8, 4) is 0 Å². The number of carbonyl (C=O) groups excluding carboxylic acids is 1. The standard InChI is InChI=1S/C13H15NO3/c15-12-6-4-10(5-7-12)14-11-3-1-2-9(8-11)13(16)17/h1-3,8,10,14H,4-7H2,(H,16,17). The van der Waals surface area contributed by atoms with Crippen LogP contribution in [0, 0.1) is 0 Å². The highest BCUT2D eigenvalue weighted by Crippen LogP contribution is 2.20. The van der Waals surface area contributed by atoms with Crippen LogP contribution in [0.2, 0.25) is 0 Å². The topological polar surface area (TPSA) is 66.4 Å². The van der Waals surface area contributed by atoms with Crippen LogP contribution < -0.4 is 5.32 Å². The molecular formula is C13H15NO3. The highest BCUT2D eigenvalue weighted by molar-refractivity contribution is 5.88. The monoisotopic (exact) mass is 233 g/mol. The Morgan fingerprint density at radius 1 is 1.29 bits per heavy atom. The lowest BCUT2D eigenvalue weighted by Gasteiger charge is -2.23. The van der Waals surface area contributed by atoms with E-state index in [-0.39, 0.29) is 11.6 Å². The average Bonchev–Trinajstić information content (AvgIpc) is 2.32. The van der Waals surface area contributed by atoms with E-state index in [1.54, 1.807) is 18.2 Å². The number of anilines is 1. The quantitative estimate of drug-likeness (QED) is 0.840. The molecule has 0 aromatic heterocycles. The fourth-order valence-electron chi connectivity index (χ4n) is 2.06. The molecule has 0 bridgehead atoms. The molecule has 17 heavy (non-hydrogen) atoms. The van der Waals surface area contributed by atoms with Crippen LogP contribution in [0.1, 0.15) is 36.0 Å². The SMILES string of the molecule is O=C1CCC(Nc2cccc(C(=O)O)c2)CC1. The number of carboxylic acids is 1. The maximum Gasteiger partial charge on any atom is 0.335 e. The number of carbonyl (C=O) groups is 2. The van der Waals surface area contributed by atoms with E-state index in [2.05, 4.69) is 5.32 Å². The lowest BCUT2D eigenvalue weighted by atomic mass is 9.94. The zero-order valence-electron chi connectivity index (χ0n) is 9.48. The molecule has 90 valence electrons. The summed E-state index contributed by atoms with van der Waals surface area (Å²) in [5, 5.41) is 12.2. The summed E-state index contributed by atoms with van der Waals surface area (Å²) in [5.74, 6) is -0.602. The molecule has 1 saturated carbocycles. The molecule has 1 aliphatic carbocycles. The van der Waals surface area contributed by atoms with E-state index in [4.69, 9.17) is 5.11 Å². The van der Waals surface area contributed by atoms with Crippen molar-refractivity contribution < 1.29 is 14.7 Å². The summed E-state index contributed by atoms with van der Waals surface area (Å²) in [6.45, 7) is 0. The number of nitrogens with one attached hydrogen (secondary N) is 1. The Morgan fingerprint density at radius 2 is 2.00 bits per heavy atom. The zero-order chi connectivity index (χ0) is 12.3. The molecule has 1 aromatic carbocycles. The number of hydrogen-bond acceptors (Lipinski definition) is 3. The molecule has 2 N–H and O–H groups in total. The van der Waals surface area contributed by atoms with Crippen LogP contribution >= 0.6 is 0 Å². The van der Waals surface area contributed by atoms with Gasteiger partial charge in [-0.15, -0.1) is 0 Å². The molecule has 0 radical (unpaired) electrons. The maximum absolute atomic E-state index is 11.1. The first kappa shape index (κ1) is 11.6. The summed E-state index contributed by atoms with van der Waals surface area (Å²) in [4.78, 5) is 21.9. The first-order valence-electron chi connectivity index (χ1n) is 5.77. The van der Waals surface area contributed by atoms with Crippen molar-refractivity contribution >= 4 is 17.4 Å². The minimum absolute atomic E-state index is 0.275. The Morgan fingerprint density at radius 3 is 2.65 bits per heavy atom. The highest BCUT2D eigenvalue weighted by Gasteiger charge is 2.18. The molecule has 1 fully saturated rings. The number of ketones is 1. The molecule has 0 unspecified atom stereocenters. The second kappa shape index (κ2) is 4.99. The summed E-state index contributed by atoms with van der Waals surface area (Å²) < 4.78 is 0. The second-order valence-corrected chi connectivity index (χ2v) is 4.34. The molecule has 2 rings (SSSR count). The van der Waals surface area contributed by atoms with Gasteiger partial charge < -0.3 is 10.4 Å². The molecule has 1 aliphatic rings. The van der Waals surface area contributed by atoms with Crippen molar-refractivity contribution in [3.63, 3.8) is 0 Å². The molecule has 4 nitrogen and oxygen atoms in total. The van der Waals surface area contributed by atoms with E-state index < -0.39 is 5.97 Å². The molecule has 0 heterocycles. The van der Waals surface area contributed by atoms with E-state index in [9.17, 15) is 9.59 Å². The fraction of sp³-hybridized carbons (Fsp3) is 0.385. The number of hydrogen-bond donors (Lipinski definition) is 2. The molecule has 1 aromatic rings. The highest BCUT2D eigenvalue weighted by atomic mass is 16.4. The van der Waals surface area contributed by atoms with Crippen molar-refractivity contribution in [2.75, 3.05) is 5.32 Å². The van der Waals surface area contributed by atoms with Crippen molar-refractivity contribution in [1.29, 1.82) is 0 Å². The summed E-state index contributed by atoms with van der Waals surface area (Å²) in [7, 11) is 0. The predicted molar refractivity (Wildman–Crippen MR) is 64.3 cm³/mol. The number of aromatic carboxylic acids is 1. The van der Waals surface area contributed by atoms with Crippen molar-refractivity contribution in [3.05, 3.63) is 29.8 Å². The summed E-state index contributed by atoms with van der Waals surface area (Å²) in [6.07, 6.45) is 2.90. The summed E-state index contributed by atoms with van der Waals surface area (Å²) in [5.41, 5.74) is 1.09. The Hall–Kier alpha value is -1.84. The molecule has 0 atom stereocenters. The van der Waals surface area contributed by atoms with Gasteiger partial charge >= 0.3 is 5.97 Å². The van der Waals surface area contributed by atoms with Gasteiger partial charge in [0.05, 0.1) is 5.56 Å². The first-order chi connectivity index (χ1) is 8.15. The largest absolute Gasteiger partial charge is 0.478 e. The normalized spacial score (nSPS) is 16.8. The smallest absolute Gasteiger partial charge is 0.335 e. The molecule has 0 aliphatic heterocycles. The lowest BCUT2D eigenvalue weighted by Crippen LogP contribution is -2.26. The van der Waals surface area contributed by atoms with Gasteiger partial charge in [-0.3, -0.25) is 4.79 Å². The van der Waals surface area contributed by atoms with Gasteiger partial charge in [0.25, 0.3) is 0 Å². The zero-order valence-corrected chi connectivity index (χ0v) is 9.48. The Bertz CT molecular complexity index is 432. The Balaban J connectivity index is 2.01. The van der Waals surface area contributed by atoms with Crippen LogP contribution in [0.3, 0.4) is 0 Å². The van der Waals surface area contributed by atoms with Gasteiger partial charge in [0.1, 0.15) is 5.78 Å². The summed E-state index contributed by atoms with van der Waals surface area (Å²) >= 11 is 0. The average molecular weight is 233 g/mol. The third-order valence-corrected chi connectivity index (χ3v) is 3.02. The van der Waals surface area contributed by atoms with Gasteiger partial charge in [0.15, 0.2) is 0 Å². The van der Waals surface area contributed by atoms with Crippen LogP contribution in [0.25, 0.3) is 0 Å². The molecule has 0 saturated heterocycles. The van der Waals surface area contributed by atoms with Crippen LogP contribution in [0.4, 0.5) is 5.69 Å². The van der Waals surface area contributed by atoms with Gasteiger partial charge in [-0.2, -0.15) is 0 Å². The minimum Gasteiger partial charge on any atom is -0.478 e. The van der Waals surface area contributed by atoms with Crippen LogP contribution in [0.15, 0.2) is 24.3 Å². The van der Waals surface area contributed by atoms with E-state index >= 15 is 0 Å². The van der Waals surface area contributed by atoms with Gasteiger partial charge in [0.2, 0.25) is 0 Å². The Labute approximate surface area is 99.6 Å². The van der Waals surface area contributed by atoms with Gasteiger partial charge in [-0.1, -0.05) is 6.07 Å². The fourth-order valence-corrected chi connectivity index (χ4v) is 2.06. The van der Waals surface area contributed by atoms with Gasteiger partial charge in [0, 0.05) is 24.6 Å².